The number of benzene rings is 3. The second-order valence-corrected chi connectivity index (χ2v) is 5.77. The molecule has 0 saturated carbocycles. The molecule has 2 heteroatoms. The lowest BCUT2D eigenvalue weighted by Gasteiger charge is -2.23. The molecular weight excluding hydrogens is 268 g/mol. The monoisotopic (exact) mass is 290 g/mol. The molecule has 0 radical (unpaired) electrons. The van der Waals surface area contributed by atoms with Gasteiger partial charge in [0.15, 0.2) is 0 Å². The fourth-order valence-corrected chi connectivity index (χ4v) is 2.90. The normalized spacial score (nSPS) is 10.7. The van der Waals surface area contributed by atoms with Gasteiger partial charge in [-0.3, -0.25) is 0 Å². The maximum absolute atomic E-state index is 3.31. The van der Waals surface area contributed by atoms with E-state index < -0.39 is 0 Å². The number of hydrogen-bond donors (Lipinski definition) is 1. The highest BCUT2D eigenvalue weighted by molar-refractivity contribution is 6.03. The van der Waals surface area contributed by atoms with E-state index in [1.54, 1.807) is 0 Å². The molecule has 0 aliphatic carbocycles. The molecule has 0 aliphatic rings. The molecule has 0 bridgehead atoms. The molecule has 0 amide bonds. The van der Waals surface area contributed by atoms with E-state index in [1.807, 2.05) is 7.05 Å². The Kier molecular flexibility index (Phi) is 4.01. The molecule has 0 fully saturated rings. The van der Waals surface area contributed by atoms with Crippen LogP contribution in [0.4, 0.5) is 11.4 Å². The van der Waals surface area contributed by atoms with Crippen molar-refractivity contribution < 1.29 is 0 Å². The molecule has 1 N–H and O–H groups in total. The lowest BCUT2D eigenvalue weighted by Crippen LogP contribution is -2.16. The molecule has 0 atom stereocenters. The van der Waals surface area contributed by atoms with Crippen LogP contribution in [0.3, 0.4) is 0 Å². The Morgan fingerprint density at radius 3 is 2.27 bits per heavy atom. The molecule has 0 saturated heterocycles. The smallest absolute Gasteiger partial charge is 0.0467 e. The number of anilines is 2. The Bertz CT molecular complexity index is 770. The van der Waals surface area contributed by atoms with Gasteiger partial charge in [-0.2, -0.15) is 0 Å². The van der Waals surface area contributed by atoms with Crippen molar-refractivity contribution >= 4 is 22.1 Å². The van der Waals surface area contributed by atoms with Crippen LogP contribution in [0.1, 0.15) is 11.1 Å². The van der Waals surface area contributed by atoms with E-state index in [0.717, 1.165) is 6.54 Å². The van der Waals surface area contributed by atoms with Crippen LogP contribution in [0.2, 0.25) is 0 Å². The number of hydrogen-bond acceptors (Lipinski definition) is 2. The van der Waals surface area contributed by atoms with Crippen LogP contribution < -0.4 is 10.2 Å². The topological polar surface area (TPSA) is 15.3 Å². The predicted octanol–water partition coefficient (Wildman–Crippen LogP) is 4.83. The number of fused-ring (bicyclic) bond motifs is 1. The molecule has 0 aromatic heterocycles. The third kappa shape index (κ3) is 2.77. The lowest BCUT2D eigenvalue weighted by atomic mass is 10.1. The first-order valence-electron chi connectivity index (χ1n) is 7.65. The highest BCUT2D eigenvalue weighted by Crippen LogP contribution is 2.33. The maximum Gasteiger partial charge on any atom is 0.0467 e. The van der Waals surface area contributed by atoms with Crippen LogP contribution in [-0.4, -0.2) is 14.1 Å². The van der Waals surface area contributed by atoms with Gasteiger partial charge in [0.2, 0.25) is 0 Å². The quantitative estimate of drug-likeness (QED) is 0.740. The van der Waals surface area contributed by atoms with Crippen LogP contribution in [-0.2, 0) is 6.54 Å². The minimum Gasteiger partial charge on any atom is -0.388 e. The summed E-state index contributed by atoms with van der Waals surface area (Å²) in [5.41, 5.74) is 5.05. The summed E-state index contributed by atoms with van der Waals surface area (Å²) in [5.74, 6) is 0. The Balaban J connectivity index is 2.00. The summed E-state index contributed by atoms with van der Waals surface area (Å²) in [4.78, 5) is 2.31. The van der Waals surface area contributed by atoms with Gasteiger partial charge in [0.1, 0.15) is 0 Å². The molecule has 2 nitrogen and oxygen atoms in total. The molecule has 22 heavy (non-hydrogen) atoms. The summed E-state index contributed by atoms with van der Waals surface area (Å²) in [6.07, 6.45) is 0. The van der Waals surface area contributed by atoms with Crippen molar-refractivity contribution in [1.29, 1.82) is 0 Å². The summed E-state index contributed by atoms with van der Waals surface area (Å²) in [7, 11) is 4.13. The van der Waals surface area contributed by atoms with E-state index in [1.165, 1.54) is 33.3 Å². The van der Waals surface area contributed by atoms with Crippen molar-refractivity contribution in [1.82, 2.24) is 0 Å². The number of aryl methyl sites for hydroxylation is 1. The van der Waals surface area contributed by atoms with E-state index in [0.29, 0.717) is 0 Å². The fraction of sp³-hybridized carbons (Fsp3) is 0.200. The zero-order valence-corrected chi connectivity index (χ0v) is 13.4. The van der Waals surface area contributed by atoms with Gasteiger partial charge in [0.05, 0.1) is 0 Å². The van der Waals surface area contributed by atoms with E-state index in [2.05, 4.69) is 84.9 Å². The van der Waals surface area contributed by atoms with Crippen molar-refractivity contribution in [2.24, 2.45) is 0 Å². The fourth-order valence-electron chi connectivity index (χ4n) is 2.90. The maximum atomic E-state index is 3.31. The molecule has 112 valence electrons. The standard InChI is InChI=1S/C20H22N2/c1-15-10-12-16(13-11-15)14-22(3)19-9-5-7-17-6-4-8-18(21-2)20(17)19/h4-13,21H,14H2,1-3H3. The Morgan fingerprint density at radius 2 is 1.59 bits per heavy atom. The minimum absolute atomic E-state index is 0.900. The summed E-state index contributed by atoms with van der Waals surface area (Å²) >= 11 is 0. The number of rotatable bonds is 4. The van der Waals surface area contributed by atoms with Crippen molar-refractivity contribution in [3.63, 3.8) is 0 Å². The zero-order chi connectivity index (χ0) is 15.5. The second-order valence-electron chi connectivity index (χ2n) is 5.77. The lowest BCUT2D eigenvalue weighted by molar-refractivity contribution is 0.927. The first kappa shape index (κ1) is 14.5. The van der Waals surface area contributed by atoms with Crippen LogP contribution in [0.25, 0.3) is 10.8 Å². The van der Waals surface area contributed by atoms with Gasteiger partial charge in [-0.05, 0) is 30.0 Å². The number of nitrogens with one attached hydrogen (secondary N) is 1. The van der Waals surface area contributed by atoms with Crippen molar-refractivity contribution in [2.75, 3.05) is 24.3 Å². The van der Waals surface area contributed by atoms with Crippen LogP contribution in [0, 0.1) is 6.92 Å². The van der Waals surface area contributed by atoms with E-state index in [4.69, 9.17) is 0 Å². The van der Waals surface area contributed by atoms with Gasteiger partial charge >= 0.3 is 0 Å². The first-order chi connectivity index (χ1) is 10.7. The van der Waals surface area contributed by atoms with E-state index in [-0.39, 0.29) is 0 Å². The third-order valence-electron chi connectivity index (χ3n) is 4.10. The van der Waals surface area contributed by atoms with E-state index >= 15 is 0 Å². The molecule has 0 spiro atoms. The summed E-state index contributed by atoms with van der Waals surface area (Å²) in [5, 5.41) is 5.85. The first-order valence-corrected chi connectivity index (χ1v) is 7.65. The molecular formula is C20H22N2. The Labute approximate surface area is 132 Å². The van der Waals surface area contributed by atoms with Crippen LogP contribution in [0.5, 0.6) is 0 Å². The molecule has 3 rings (SSSR count). The van der Waals surface area contributed by atoms with Crippen molar-refractivity contribution in [3.05, 3.63) is 71.8 Å². The highest BCUT2D eigenvalue weighted by atomic mass is 15.1. The number of nitrogens with zero attached hydrogens (tertiary/aromatic N) is 1. The van der Waals surface area contributed by atoms with Gasteiger partial charge in [0.25, 0.3) is 0 Å². The van der Waals surface area contributed by atoms with Crippen molar-refractivity contribution in [2.45, 2.75) is 13.5 Å². The summed E-state index contributed by atoms with van der Waals surface area (Å²) in [6.45, 7) is 3.02. The van der Waals surface area contributed by atoms with Gasteiger partial charge in [0, 0.05) is 37.4 Å². The average Bonchev–Trinajstić information content (AvgIpc) is 2.55. The zero-order valence-electron chi connectivity index (χ0n) is 13.4. The van der Waals surface area contributed by atoms with Gasteiger partial charge in [-0.25, -0.2) is 0 Å². The largest absolute Gasteiger partial charge is 0.388 e. The summed E-state index contributed by atoms with van der Waals surface area (Å²) < 4.78 is 0. The molecule has 0 unspecified atom stereocenters. The Morgan fingerprint density at radius 1 is 0.909 bits per heavy atom. The molecule has 0 heterocycles. The minimum atomic E-state index is 0.900. The Hall–Kier alpha value is -2.48. The second kappa shape index (κ2) is 6.10. The predicted molar refractivity (Wildman–Crippen MR) is 96.8 cm³/mol. The SMILES string of the molecule is CNc1cccc2cccc(N(C)Cc3ccc(C)cc3)c12. The molecule has 3 aromatic carbocycles. The van der Waals surface area contributed by atoms with Crippen LogP contribution >= 0.6 is 0 Å². The van der Waals surface area contributed by atoms with Gasteiger partial charge in [-0.1, -0.05) is 54.1 Å². The van der Waals surface area contributed by atoms with Crippen LogP contribution in [0.15, 0.2) is 60.7 Å². The van der Waals surface area contributed by atoms with Gasteiger partial charge < -0.3 is 10.2 Å². The van der Waals surface area contributed by atoms with Gasteiger partial charge in [-0.15, -0.1) is 0 Å². The average molecular weight is 290 g/mol. The highest BCUT2D eigenvalue weighted by Gasteiger charge is 2.09. The molecule has 0 aliphatic heterocycles. The molecule has 3 aromatic rings. The van der Waals surface area contributed by atoms with E-state index in [9.17, 15) is 0 Å². The van der Waals surface area contributed by atoms with Crippen molar-refractivity contribution in [3.8, 4) is 0 Å². The third-order valence-corrected chi connectivity index (χ3v) is 4.10. The summed E-state index contributed by atoms with van der Waals surface area (Å²) in [6, 6.07) is 21.6.